The van der Waals surface area contributed by atoms with Crippen molar-refractivity contribution in [3.8, 4) is 0 Å². The summed E-state index contributed by atoms with van der Waals surface area (Å²) in [4.78, 5) is 4.41. The molecule has 70 valence electrons. The Bertz CT molecular complexity index is 298. The Morgan fingerprint density at radius 1 is 1.38 bits per heavy atom. The van der Waals surface area contributed by atoms with E-state index in [4.69, 9.17) is 0 Å². The van der Waals surface area contributed by atoms with E-state index >= 15 is 0 Å². The van der Waals surface area contributed by atoms with Crippen molar-refractivity contribution in [1.82, 2.24) is 15.6 Å². The predicted octanol–water partition coefficient (Wildman–Crippen LogP) is 0.486. The average Bonchev–Trinajstić information content (AvgIpc) is 2.55. The standard InChI is InChI=1S/C10H15N3/c1-11-8-6-7-4-3-5-13-9(7)10(8)12-2/h3-5,8,10-12H,6H2,1-2H3/t8-,10+/m1/s1. The fraction of sp³-hybridized carbons (Fsp3) is 0.500. The van der Waals surface area contributed by atoms with Crippen LogP contribution >= 0.6 is 0 Å². The zero-order valence-corrected chi connectivity index (χ0v) is 8.04. The number of fused-ring (bicyclic) bond motifs is 1. The van der Waals surface area contributed by atoms with Gasteiger partial charge in [0.15, 0.2) is 0 Å². The van der Waals surface area contributed by atoms with Crippen molar-refractivity contribution in [3.05, 3.63) is 29.6 Å². The smallest absolute Gasteiger partial charge is 0.0654 e. The van der Waals surface area contributed by atoms with Gasteiger partial charge in [-0.2, -0.15) is 0 Å². The van der Waals surface area contributed by atoms with Gasteiger partial charge < -0.3 is 10.6 Å². The minimum Gasteiger partial charge on any atom is -0.315 e. The molecule has 13 heavy (non-hydrogen) atoms. The molecule has 1 aromatic rings. The summed E-state index contributed by atoms with van der Waals surface area (Å²) in [7, 11) is 3.99. The number of rotatable bonds is 2. The molecule has 0 amide bonds. The Morgan fingerprint density at radius 2 is 2.23 bits per heavy atom. The fourth-order valence-electron chi connectivity index (χ4n) is 2.06. The largest absolute Gasteiger partial charge is 0.315 e. The normalized spacial score (nSPS) is 26.0. The third-order valence-electron chi connectivity index (χ3n) is 2.74. The molecular weight excluding hydrogens is 162 g/mol. The highest BCUT2D eigenvalue weighted by atomic mass is 15.0. The molecule has 3 nitrogen and oxygen atoms in total. The summed E-state index contributed by atoms with van der Waals surface area (Å²) in [5, 5.41) is 6.61. The Morgan fingerprint density at radius 3 is 2.92 bits per heavy atom. The lowest BCUT2D eigenvalue weighted by Gasteiger charge is -2.17. The molecule has 0 spiro atoms. The third-order valence-corrected chi connectivity index (χ3v) is 2.74. The van der Waals surface area contributed by atoms with E-state index in [1.165, 1.54) is 11.3 Å². The van der Waals surface area contributed by atoms with Crippen LogP contribution in [0, 0.1) is 0 Å². The van der Waals surface area contributed by atoms with Crippen molar-refractivity contribution in [2.24, 2.45) is 0 Å². The van der Waals surface area contributed by atoms with Crippen LogP contribution in [0.25, 0.3) is 0 Å². The van der Waals surface area contributed by atoms with Crippen LogP contribution in [0.1, 0.15) is 17.3 Å². The summed E-state index contributed by atoms with van der Waals surface area (Å²) < 4.78 is 0. The van der Waals surface area contributed by atoms with Crippen molar-refractivity contribution in [3.63, 3.8) is 0 Å². The quantitative estimate of drug-likeness (QED) is 0.690. The molecule has 0 saturated heterocycles. The number of likely N-dealkylation sites (N-methyl/N-ethyl adjacent to an activating group) is 2. The number of pyridine rings is 1. The number of nitrogens with one attached hydrogen (secondary N) is 2. The van der Waals surface area contributed by atoms with Gasteiger partial charge in [0.25, 0.3) is 0 Å². The van der Waals surface area contributed by atoms with Crippen LogP contribution in [0.15, 0.2) is 18.3 Å². The van der Waals surface area contributed by atoms with E-state index in [1.54, 1.807) is 0 Å². The van der Waals surface area contributed by atoms with Gasteiger partial charge in [-0.25, -0.2) is 0 Å². The first-order chi connectivity index (χ1) is 6.36. The van der Waals surface area contributed by atoms with E-state index in [0.717, 1.165) is 6.42 Å². The van der Waals surface area contributed by atoms with Gasteiger partial charge in [0.1, 0.15) is 0 Å². The van der Waals surface area contributed by atoms with Crippen LogP contribution in [0.2, 0.25) is 0 Å². The number of hydrogen-bond acceptors (Lipinski definition) is 3. The maximum absolute atomic E-state index is 4.41. The lowest BCUT2D eigenvalue weighted by Crippen LogP contribution is -2.36. The molecule has 0 radical (unpaired) electrons. The van der Waals surface area contributed by atoms with Crippen molar-refractivity contribution in [1.29, 1.82) is 0 Å². The first-order valence-electron chi connectivity index (χ1n) is 4.65. The molecule has 2 rings (SSSR count). The summed E-state index contributed by atoms with van der Waals surface area (Å²) in [6.07, 6.45) is 2.94. The zero-order valence-electron chi connectivity index (χ0n) is 8.04. The van der Waals surface area contributed by atoms with E-state index in [0.29, 0.717) is 12.1 Å². The zero-order chi connectivity index (χ0) is 9.26. The second-order valence-electron chi connectivity index (χ2n) is 3.41. The van der Waals surface area contributed by atoms with Crippen molar-refractivity contribution >= 4 is 0 Å². The van der Waals surface area contributed by atoms with E-state index in [9.17, 15) is 0 Å². The molecule has 0 aromatic carbocycles. The van der Waals surface area contributed by atoms with E-state index in [1.807, 2.05) is 26.4 Å². The van der Waals surface area contributed by atoms with Crippen molar-refractivity contribution in [2.45, 2.75) is 18.5 Å². The first kappa shape index (κ1) is 8.66. The molecule has 0 fully saturated rings. The lowest BCUT2D eigenvalue weighted by atomic mass is 10.1. The third kappa shape index (κ3) is 1.34. The Labute approximate surface area is 78.6 Å². The topological polar surface area (TPSA) is 37.0 Å². The van der Waals surface area contributed by atoms with Crippen LogP contribution in [0.4, 0.5) is 0 Å². The highest BCUT2D eigenvalue weighted by molar-refractivity contribution is 5.31. The molecular formula is C10H15N3. The van der Waals surface area contributed by atoms with Crippen molar-refractivity contribution in [2.75, 3.05) is 14.1 Å². The Kier molecular flexibility index (Phi) is 2.29. The molecule has 2 atom stereocenters. The van der Waals surface area contributed by atoms with Crippen LogP contribution in [0.5, 0.6) is 0 Å². The fourth-order valence-corrected chi connectivity index (χ4v) is 2.06. The minimum absolute atomic E-state index is 0.362. The molecule has 0 bridgehead atoms. The van der Waals surface area contributed by atoms with Crippen LogP contribution < -0.4 is 10.6 Å². The van der Waals surface area contributed by atoms with Crippen LogP contribution in [-0.2, 0) is 6.42 Å². The van der Waals surface area contributed by atoms with Gasteiger partial charge in [0, 0.05) is 12.2 Å². The van der Waals surface area contributed by atoms with Crippen LogP contribution in [0.3, 0.4) is 0 Å². The maximum Gasteiger partial charge on any atom is 0.0654 e. The molecule has 2 N–H and O–H groups in total. The Balaban J connectivity index is 2.34. The van der Waals surface area contributed by atoms with E-state index in [2.05, 4.69) is 21.7 Å². The number of nitrogens with zero attached hydrogens (tertiary/aromatic N) is 1. The van der Waals surface area contributed by atoms with Crippen LogP contribution in [-0.4, -0.2) is 25.1 Å². The van der Waals surface area contributed by atoms with Gasteiger partial charge in [0.2, 0.25) is 0 Å². The van der Waals surface area contributed by atoms with Gasteiger partial charge in [-0.1, -0.05) is 6.07 Å². The van der Waals surface area contributed by atoms with Gasteiger partial charge in [-0.3, -0.25) is 4.98 Å². The van der Waals surface area contributed by atoms with Gasteiger partial charge >= 0.3 is 0 Å². The molecule has 1 heterocycles. The summed E-state index contributed by atoms with van der Waals surface area (Å²) in [6, 6.07) is 5.00. The summed E-state index contributed by atoms with van der Waals surface area (Å²) in [5.41, 5.74) is 2.56. The molecule has 0 saturated carbocycles. The van der Waals surface area contributed by atoms with Gasteiger partial charge in [-0.15, -0.1) is 0 Å². The molecule has 3 heteroatoms. The summed E-state index contributed by atoms with van der Waals surface area (Å²) >= 11 is 0. The molecule has 1 aliphatic carbocycles. The summed E-state index contributed by atoms with van der Waals surface area (Å²) in [5.74, 6) is 0. The second-order valence-corrected chi connectivity index (χ2v) is 3.41. The minimum atomic E-state index is 0.362. The SMILES string of the molecule is CN[C@@H]1c2ncccc2C[C@H]1NC. The average molecular weight is 177 g/mol. The number of aromatic nitrogens is 1. The second kappa shape index (κ2) is 3.44. The van der Waals surface area contributed by atoms with E-state index in [-0.39, 0.29) is 0 Å². The summed E-state index contributed by atoms with van der Waals surface area (Å²) in [6.45, 7) is 0. The monoisotopic (exact) mass is 177 g/mol. The molecule has 0 unspecified atom stereocenters. The molecule has 1 aromatic heterocycles. The van der Waals surface area contributed by atoms with Gasteiger partial charge in [0.05, 0.1) is 11.7 Å². The highest BCUT2D eigenvalue weighted by Gasteiger charge is 2.30. The highest BCUT2D eigenvalue weighted by Crippen LogP contribution is 2.28. The Hall–Kier alpha value is -0.930. The lowest BCUT2D eigenvalue weighted by molar-refractivity contribution is 0.444. The van der Waals surface area contributed by atoms with E-state index < -0.39 is 0 Å². The van der Waals surface area contributed by atoms with Crippen molar-refractivity contribution < 1.29 is 0 Å². The molecule has 1 aliphatic rings. The van der Waals surface area contributed by atoms with Gasteiger partial charge in [-0.05, 0) is 32.1 Å². The molecule has 0 aliphatic heterocycles. The number of hydrogen-bond donors (Lipinski definition) is 2. The maximum atomic E-state index is 4.41. The first-order valence-corrected chi connectivity index (χ1v) is 4.65. The predicted molar refractivity (Wildman–Crippen MR) is 52.6 cm³/mol.